The molecule has 0 radical (unpaired) electrons. The summed E-state index contributed by atoms with van der Waals surface area (Å²) in [6.07, 6.45) is 0. The second-order valence-electron chi connectivity index (χ2n) is 6.37. The molecule has 1 aromatic carbocycles. The van der Waals surface area contributed by atoms with E-state index in [4.69, 9.17) is 39.8 Å². The highest BCUT2D eigenvalue weighted by molar-refractivity contribution is 7.80. The Balaban J connectivity index is 2.01. The van der Waals surface area contributed by atoms with Crippen LogP contribution in [0.1, 0.15) is 32.6 Å². The second-order valence-corrected chi connectivity index (χ2v) is 7.63. The first-order valence-electron chi connectivity index (χ1n) is 8.98. The van der Waals surface area contributed by atoms with E-state index in [0.29, 0.717) is 51.0 Å². The van der Waals surface area contributed by atoms with Crippen LogP contribution in [-0.2, 0) is 4.79 Å². The van der Waals surface area contributed by atoms with Gasteiger partial charge in [0.25, 0.3) is 5.91 Å². The molecule has 0 saturated carbocycles. The van der Waals surface area contributed by atoms with Crippen molar-refractivity contribution in [1.29, 1.82) is 0 Å². The molecule has 28 heavy (non-hydrogen) atoms. The Morgan fingerprint density at radius 2 is 1.93 bits per heavy atom. The lowest BCUT2D eigenvalue weighted by atomic mass is 9.99. The summed E-state index contributed by atoms with van der Waals surface area (Å²) in [5.74, 6) is 1.12. The van der Waals surface area contributed by atoms with Gasteiger partial charge in [0.05, 0.1) is 10.6 Å². The van der Waals surface area contributed by atoms with E-state index in [0.717, 1.165) is 5.56 Å². The van der Waals surface area contributed by atoms with E-state index in [1.54, 1.807) is 23.1 Å². The van der Waals surface area contributed by atoms with Crippen molar-refractivity contribution in [2.24, 2.45) is 0 Å². The molecule has 0 spiro atoms. The highest BCUT2D eigenvalue weighted by atomic mass is 35.5. The van der Waals surface area contributed by atoms with Gasteiger partial charge in [-0.15, -0.1) is 0 Å². The molecule has 1 atom stereocenters. The predicted molar refractivity (Wildman–Crippen MR) is 116 cm³/mol. The number of amides is 1. The third kappa shape index (κ3) is 4.04. The number of hydrogen-bond donors (Lipinski definition) is 2. The monoisotopic (exact) mass is 437 g/mol. The van der Waals surface area contributed by atoms with E-state index in [1.807, 2.05) is 32.9 Å². The number of nitrogens with one attached hydrogen (secondary N) is 2. The molecule has 1 aliphatic heterocycles. The molecule has 2 N–H and O–H groups in total. The zero-order valence-electron chi connectivity index (χ0n) is 15.8. The van der Waals surface area contributed by atoms with E-state index < -0.39 is 6.04 Å². The molecule has 148 valence electrons. The topological polar surface area (TPSA) is 57.5 Å². The molecule has 1 amide bonds. The van der Waals surface area contributed by atoms with Crippen LogP contribution in [0.25, 0.3) is 11.3 Å². The average molecular weight is 438 g/mol. The zero-order chi connectivity index (χ0) is 20.4. The van der Waals surface area contributed by atoms with Crippen LogP contribution in [-0.4, -0.2) is 29.0 Å². The molecular weight excluding hydrogens is 417 g/mol. The lowest BCUT2D eigenvalue weighted by Gasteiger charge is -2.31. The maximum Gasteiger partial charge on any atom is 0.254 e. The number of nitrogens with zero attached hydrogens (tertiary/aromatic N) is 1. The normalized spacial score (nSPS) is 16.6. The number of furan rings is 1. The molecule has 0 aliphatic carbocycles. The summed E-state index contributed by atoms with van der Waals surface area (Å²) >= 11 is 17.6. The fourth-order valence-electron chi connectivity index (χ4n) is 3.21. The first-order valence-corrected chi connectivity index (χ1v) is 10.1. The van der Waals surface area contributed by atoms with Crippen LogP contribution in [0.15, 0.2) is 46.0 Å². The summed E-state index contributed by atoms with van der Waals surface area (Å²) in [6.45, 7) is 6.99. The molecule has 5 nitrogen and oxygen atoms in total. The number of benzene rings is 1. The Hall–Kier alpha value is -2.02. The van der Waals surface area contributed by atoms with Crippen molar-refractivity contribution in [3.8, 4) is 11.3 Å². The first-order chi connectivity index (χ1) is 13.3. The van der Waals surface area contributed by atoms with Crippen LogP contribution in [0.4, 0.5) is 0 Å². The largest absolute Gasteiger partial charge is 0.458 e. The smallest absolute Gasteiger partial charge is 0.254 e. The molecule has 1 aliphatic rings. The van der Waals surface area contributed by atoms with Crippen LogP contribution in [0.5, 0.6) is 0 Å². The van der Waals surface area contributed by atoms with E-state index >= 15 is 0 Å². The summed E-state index contributed by atoms with van der Waals surface area (Å²) in [6, 6.07) is 8.39. The number of allylic oxidation sites excluding steroid dienone is 1. The molecule has 0 bridgehead atoms. The number of thiocarbonyl (C=S) groups is 1. The third-order valence-electron chi connectivity index (χ3n) is 4.66. The van der Waals surface area contributed by atoms with Gasteiger partial charge in [-0.25, -0.2) is 0 Å². The van der Waals surface area contributed by atoms with Gasteiger partial charge in [0.15, 0.2) is 5.11 Å². The minimum Gasteiger partial charge on any atom is -0.458 e. The Kier molecular flexibility index (Phi) is 6.33. The van der Waals surface area contributed by atoms with Gasteiger partial charge in [-0.05, 0) is 63.3 Å². The van der Waals surface area contributed by atoms with E-state index in [1.165, 1.54) is 0 Å². The van der Waals surface area contributed by atoms with E-state index in [2.05, 4.69) is 10.6 Å². The molecular formula is C20H21Cl2N3O2S. The molecule has 0 unspecified atom stereocenters. The molecule has 0 fully saturated rings. The molecule has 3 rings (SSSR count). The number of carbonyl (C=O) groups is 1. The van der Waals surface area contributed by atoms with Gasteiger partial charge in [-0.3, -0.25) is 4.79 Å². The summed E-state index contributed by atoms with van der Waals surface area (Å²) in [5.41, 5.74) is 2.03. The van der Waals surface area contributed by atoms with Gasteiger partial charge in [0.1, 0.15) is 17.6 Å². The lowest BCUT2D eigenvalue weighted by molar-refractivity contribution is -0.127. The minimum atomic E-state index is -0.485. The van der Waals surface area contributed by atoms with Crippen LogP contribution in [0, 0.1) is 0 Å². The third-order valence-corrected chi connectivity index (χ3v) is 5.43. The highest BCUT2D eigenvalue weighted by Gasteiger charge is 2.33. The summed E-state index contributed by atoms with van der Waals surface area (Å²) in [7, 11) is 0. The number of likely N-dealkylation sites (N-methyl/N-ethyl adjacent to an activating group) is 1. The number of rotatable bonds is 5. The standard InChI is InChI=1S/C20H21Cl2N3O2S/c1-4-25(5-2)19(26)17-11(3)23-20(28)24-18(17)16-9-8-15(27-16)13-7-6-12(21)10-14(13)22/h6-10,18H,4-5H2,1-3H3,(H2,23,24,28)/t18-/m1/s1. The van der Waals surface area contributed by atoms with Crippen molar-refractivity contribution >= 4 is 46.4 Å². The van der Waals surface area contributed by atoms with Crippen molar-refractivity contribution in [2.45, 2.75) is 26.8 Å². The lowest BCUT2D eigenvalue weighted by Crippen LogP contribution is -2.47. The van der Waals surface area contributed by atoms with Crippen molar-refractivity contribution in [3.05, 3.63) is 57.4 Å². The molecule has 0 saturated heterocycles. The summed E-state index contributed by atoms with van der Waals surface area (Å²) in [5, 5.41) is 7.69. The Morgan fingerprint density at radius 3 is 2.57 bits per heavy atom. The first kappa shape index (κ1) is 20.7. The second kappa shape index (κ2) is 8.55. The zero-order valence-corrected chi connectivity index (χ0v) is 18.1. The van der Waals surface area contributed by atoms with Crippen LogP contribution in [0.2, 0.25) is 10.0 Å². The fourth-order valence-corrected chi connectivity index (χ4v) is 3.99. The van der Waals surface area contributed by atoms with E-state index in [9.17, 15) is 4.79 Å². The van der Waals surface area contributed by atoms with Gasteiger partial charge in [-0.2, -0.15) is 0 Å². The maximum atomic E-state index is 13.1. The average Bonchev–Trinajstić information content (AvgIpc) is 3.11. The molecule has 2 aromatic rings. The van der Waals surface area contributed by atoms with Gasteiger partial charge >= 0.3 is 0 Å². The summed E-state index contributed by atoms with van der Waals surface area (Å²) < 4.78 is 6.07. The molecule has 2 heterocycles. The molecule has 8 heteroatoms. The van der Waals surface area contributed by atoms with Gasteiger partial charge in [0, 0.05) is 29.4 Å². The Morgan fingerprint density at radius 1 is 1.21 bits per heavy atom. The van der Waals surface area contributed by atoms with Crippen molar-refractivity contribution < 1.29 is 9.21 Å². The van der Waals surface area contributed by atoms with Crippen LogP contribution < -0.4 is 10.6 Å². The van der Waals surface area contributed by atoms with Crippen LogP contribution >= 0.6 is 35.4 Å². The van der Waals surface area contributed by atoms with Gasteiger partial charge < -0.3 is 20.0 Å². The Bertz CT molecular complexity index is 951. The van der Waals surface area contributed by atoms with Crippen molar-refractivity contribution in [3.63, 3.8) is 0 Å². The van der Waals surface area contributed by atoms with Gasteiger partial charge in [0.2, 0.25) is 0 Å². The number of halogens is 2. The molecule has 1 aromatic heterocycles. The van der Waals surface area contributed by atoms with E-state index in [-0.39, 0.29) is 5.91 Å². The number of hydrogen-bond acceptors (Lipinski definition) is 3. The quantitative estimate of drug-likeness (QED) is 0.650. The number of carbonyl (C=O) groups excluding carboxylic acids is 1. The maximum absolute atomic E-state index is 13.1. The minimum absolute atomic E-state index is 0.0579. The van der Waals surface area contributed by atoms with Crippen molar-refractivity contribution in [2.75, 3.05) is 13.1 Å². The SMILES string of the molecule is CCN(CC)C(=O)C1=C(C)NC(=S)N[C@@H]1c1ccc(-c2ccc(Cl)cc2Cl)o1. The summed E-state index contributed by atoms with van der Waals surface area (Å²) in [4.78, 5) is 14.9. The van der Waals surface area contributed by atoms with Gasteiger partial charge in [-0.1, -0.05) is 23.2 Å². The Labute approximate surface area is 179 Å². The van der Waals surface area contributed by atoms with Crippen molar-refractivity contribution in [1.82, 2.24) is 15.5 Å². The van der Waals surface area contributed by atoms with Crippen LogP contribution in [0.3, 0.4) is 0 Å². The highest BCUT2D eigenvalue weighted by Crippen LogP contribution is 2.35. The predicted octanol–water partition coefficient (Wildman–Crippen LogP) is 4.91. The fraction of sp³-hybridized carbons (Fsp3) is 0.300.